The fourth-order valence-corrected chi connectivity index (χ4v) is 8.71. The molecule has 2 heterocycles. The summed E-state index contributed by atoms with van der Waals surface area (Å²) in [6.45, 7) is 8.27. The van der Waals surface area contributed by atoms with Crippen molar-refractivity contribution in [1.29, 1.82) is 0 Å². The highest BCUT2D eigenvalue weighted by atomic mass is 35.5. The van der Waals surface area contributed by atoms with Gasteiger partial charge in [0.1, 0.15) is 6.04 Å². The average molecular weight is 759 g/mol. The molecule has 274 valence electrons. The summed E-state index contributed by atoms with van der Waals surface area (Å²) in [5.74, 6) is 0.430. The molecule has 0 aromatic heterocycles. The molecule has 9 nitrogen and oxygen atoms in total. The Labute approximate surface area is 310 Å². The maximum absolute atomic E-state index is 14.1. The van der Waals surface area contributed by atoms with Crippen LogP contribution in [0.3, 0.4) is 0 Å². The molecule has 3 aliphatic rings. The SMILES string of the molecule is CC(C)CN(CC(C1CCCCC1)N1CCN(C(=O)C(Cc2ccc(Cl)cc2)NC(=O)CC2NCc3ccccc32)CC1)S(C)(=O)=O.Cl.Cl. The Hall–Kier alpha value is -1.92. The molecule has 13 heteroatoms. The minimum atomic E-state index is -3.35. The first-order valence-corrected chi connectivity index (χ1v) is 19.5. The highest BCUT2D eigenvalue weighted by molar-refractivity contribution is 7.88. The highest BCUT2D eigenvalue weighted by Crippen LogP contribution is 2.31. The van der Waals surface area contributed by atoms with E-state index in [1.807, 2.05) is 41.3 Å². The first-order valence-electron chi connectivity index (χ1n) is 17.3. The van der Waals surface area contributed by atoms with Gasteiger partial charge in [-0.1, -0.05) is 81.1 Å². The van der Waals surface area contributed by atoms with Gasteiger partial charge in [-0.25, -0.2) is 12.7 Å². The summed E-state index contributed by atoms with van der Waals surface area (Å²) >= 11 is 6.14. The second-order valence-electron chi connectivity index (χ2n) is 14.1. The number of hydrogen-bond donors (Lipinski definition) is 2. The molecule has 0 spiro atoms. The number of carbonyl (C=O) groups is 2. The van der Waals surface area contributed by atoms with Crippen molar-refractivity contribution in [3.63, 3.8) is 0 Å². The van der Waals surface area contributed by atoms with E-state index < -0.39 is 16.1 Å². The Kier molecular flexibility index (Phi) is 16.1. The van der Waals surface area contributed by atoms with Crippen LogP contribution in [0.1, 0.15) is 75.1 Å². The number of nitrogens with zero attached hydrogens (tertiary/aromatic N) is 3. The zero-order valence-corrected chi connectivity index (χ0v) is 32.2. The first-order chi connectivity index (χ1) is 22.5. The van der Waals surface area contributed by atoms with Crippen molar-refractivity contribution in [2.45, 2.75) is 83.5 Å². The number of amides is 2. The maximum Gasteiger partial charge on any atom is 0.245 e. The molecule has 49 heavy (non-hydrogen) atoms. The third-order valence-electron chi connectivity index (χ3n) is 10.1. The van der Waals surface area contributed by atoms with Gasteiger partial charge in [0.05, 0.1) is 6.26 Å². The van der Waals surface area contributed by atoms with E-state index in [1.165, 1.54) is 31.1 Å². The molecule has 1 saturated heterocycles. The van der Waals surface area contributed by atoms with Gasteiger partial charge in [0.25, 0.3) is 0 Å². The van der Waals surface area contributed by atoms with Crippen LogP contribution in [0.2, 0.25) is 5.02 Å². The number of hydrogen-bond acceptors (Lipinski definition) is 6. The minimum absolute atomic E-state index is 0. The minimum Gasteiger partial charge on any atom is -0.344 e. The smallest absolute Gasteiger partial charge is 0.245 e. The van der Waals surface area contributed by atoms with Gasteiger partial charge in [-0.15, -0.1) is 24.8 Å². The second-order valence-corrected chi connectivity index (χ2v) is 16.5. The highest BCUT2D eigenvalue weighted by Gasteiger charge is 2.37. The molecule has 2 aliphatic heterocycles. The number of carbonyl (C=O) groups excluding carboxylic acids is 2. The van der Waals surface area contributed by atoms with Crippen LogP contribution in [0, 0.1) is 11.8 Å². The summed E-state index contributed by atoms with van der Waals surface area (Å²) in [4.78, 5) is 31.8. The number of sulfonamides is 1. The fraction of sp³-hybridized carbons (Fsp3) is 0.611. The van der Waals surface area contributed by atoms with Crippen LogP contribution in [0.15, 0.2) is 48.5 Å². The molecule has 2 fully saturated rings. The van der Waals surface area contributed by atoms with Crippen molar-refractivity contribution in [3.8, 4) is 0 Å². The van der Waals surface area contributed by atoms with Crippen molar-refractivity contribution in [2.24, 2.45) is 11.8 Å². The monoisotopic (exact) mass is 757 g/mol. The molecule has 2 N–H and O–H groups in total. The van der Waals surface area contributed by atoms with Crippen molar-refractivity contribution in [2.75, 3.05) is 45.5 Å². The van der Waals surface area contributed by atoms with E-state index in [0.717, 1.165) is 30.5 Å². The lowest BCUT2D eigenvalue weighted by molar-refractivity contribution is -0.138. The Morgan fingerprint density at radius 1 is 0.959 bits per heavy atom. The number of nitrogens with one attached hydrogen (secondary N) is 2. The normalized spacial score (nSPS) is 19.9. The Morgan fingerprint density at radius 2 is 1.61 bits per heavy atom. The van der Waals surface area contributed by atoms with Gasteiger partial charge in [-0.05, 0) is 53.5 Å². The number of piperazine rings is 1. The van der Waals surface area contributed by atoms with Gasteiger partial charge >= 0.3 is 0 Å². The Balaban J connectivity index is 0.00000325. The molecule has 3 unspecified atom stereocenters. The lowest BCUT2D eigenvalue weighted by Crippen LogP contribution is -2.59. The Morgan fingerprint density at radius 3 is 2.24 bits per heavy atom. The van der Waals surface area contributed by atoms with Crippen LogP contribution in [0.5, 0.6) is 0 Å². The number of rotatable bonds is 13. The van der Waals surface area contributed by atoms with Crippen molar-refractivity contribution in [1.82, 2.24) is 24.7 Å². The van der Waals surface area contributed by atoms with E-state index in [9.17, 15) is 18.0 Å². The van der Waals surface area contributed by atoms with Crippen LogP contribution in [-0.2, 0) is 32.6 Å². The number of benzene rings is 2. The molecule has 0 radical (unpaired) electrons. The molecular formula is C36H54Cl3N5O4S. The van der Waals surface area contributed by atoms with Gasteiger partial charge in [-0.3, -0.25) is 14.5 Å². The van der Waals surface area contributed by atoms with Crippen molar-refractivity contribution in [3.05, 3.63) is 70.2 Å². The first kappa shape index (κ1) is 41.5. The third kappa shape index (κ3) is 11.5. The second kappa shape index (κ2) is 19.1. The molecule has 0 bridgehead atoms. The van der Waals surface area contributed by atoms with Gasteiger partial charge in [0.2, 0.25) is 21.8 Å². The van der Waals surface area contributed by atoms with E-state index in [4.69, 9.17) is 11.6 Å². The lowest BCUT2D eigenvalue weighted by Gasteiger charge is -2.45. The van der Waals surface area contributed by atoms with Gasteiger partial charge in [0, 0.05) is 75.8 Å². The third-order valence-corrected chi connectivity index (χ3v) is 11.6. The predicted molar refractivity (Wildman–Crippen MR) is 202 cm³/mol. The summed E-state index contributed by atoms with van der Waals surface area (Å²) < 4.78 is 27.3. The molecular weight excluding hydrogens is 705 g/mol. The maximum atomic E-state index is 14.1. The number of fused-ring (bicyclic) bond motifs is 1. The molecule has 3 atom stereocenters. The van der Waals surface area contributed by atoms with Crippen LogP contribution in [0.4, 0.5) is 0 Å². The van der Waals surface area contributed by atoms with E-state index in [2.05, 4.69) is 41.5 Å². The molecule has 1 saturated carbocycles. The van der Waals surface area contributed by atoms with Crippen LogP contribution >= 0.6 is 36.4 Å². The van der Waals surface area contributed by atoms with E-state index >= 15 is 0 Å². The number of halogens is 3. The standard InChI is InChI=1S/C36H52ClN5O4S.2ClH/c1-26(2)24-42(47(3,45)46)25-34(28-9-5-4-6-10-28)40-17-19-41(20-18-40)36(44)33(21-27-13-15-30(37)16-14-27)39-35(43)22-32-31-12-8-7-11-29(31)23-38-32;;/h7-8,11-16,26,28,32-34,38H,4-6,9-10,17-25H2,1-3H3,(H,39,43);2*1H. The average Bonchev–Trinajstić information content (AvgIpc) is 3.45. The van der Waals surface area contributed by atoms with Crippen LogP contribution < -0.4 is 10.6 Å². The van der Waals surface area contributed by atoms with Gasteiger partial charge in [0.15, 0.2) is 0 Å². The van der Waals surface area contributed by atoms with Gasteiger partial charge < -0.3 is 15.5 Å². The van der Waals surface area contributed by atoms with E-state index in [-0.39, 0.29) is 61.1 Å². The predicted octanol–water partition coefficient (Wildman–Crippen LogP) is 5.46. The molecule has 2 amide bonds. The quantitative estimate of drug-likeness (QED) is 0.282. The Bertz CT molecular complexity index is 1470. The summed E-state index contributed by atoms with van der Waals surface area (Å²) in [5, 5.41) is 7.15. The van der Waals surface area contributed by atoms with E-state index in [1.54, 1.807) is 4.31 Å². The molecule has 2 aromatic rings. The van der Waals surface area contributed by atoms with Crippen LogP contribution in [0.25, 0.3) is 0 Å². The van der Waals surface area contributed by atoms with Crippen molar-refractivity contribution >= 4 is 58.3 Å². The molecule has 5 rings (SSSR count). The summed E-state index contributed by atoms with van der Waals surface area (Å²) in [5.41, 5.74) is 3.27. The van der Waals surface area contributed by atoms with E-state index in [0.29, 0.717) is 56.6 Å². The summed E-state index contributed by atoms with van der Waals surface area (Å²) in [7, 11) is -3.35. The van der Waals surface area contributed by atoms with Gasteiger partial charge in [-0.2, -0.15) is 0 Å². The molecule has 2 aromatic carbocycles. The fourth-order valence-electron chi connectivity index (χ4n) is 7.59. The largest absolute Gasteiger partial charge is 0.344 e. The topological polar surface area (TPSA) is 102 Å². The zero-order chi connectivity index (χ0) is 33.6. The summed E-state index contributed by atoms with van der Waals surface area (Å²) in [6, 6.07) is 14.9. The molecule has 1 aliphatic carbocycles. The lowest BCUT2D eigenvalue weighted by atomic mass is 9.82. The summed E-state index contributed by atoms with van der Waals surface area (Å²) in [6.07, 6.45) is 7.76. The van der Waals surface area contributed by atoms with Crippen LogP contribution in [-0.4, -0.2) is 91.9 Å². The zero-order valence-electron chi connectivity index (χ0n) is 29.0. The van der Waals surface area contributed by atoms with Crippen molar-refractivity contribution < 1.29 is 18.0 Å².